The first kappa shape index (κ1) is 74.3. The van der Waals surface area contributed by atoms with E-state index in [-0.39, 0.29) is 29.2 Å². The van der Waals surface area contributed by atoms with Crippen LogP contribution in [-0.2, 0) is 47.2 Å². The molecule has 0 bridgehead atoms. The predicted molar refractivity (Wildman–Crippen MR) is 387 cm³/mol. The summed E-state index contributed by atoms with van der Waals surface area (Å²) >= 11 is 6.30. The molecule has 99 heavy (non-hydrogen) atoms. The van der Waals surface area contributed by atoms with Gasteiger partial charge in [-0.25, -0.2) is 28.5 Å². The molecule has 3 aromatic heterocycles. The average molecular weight is 1460 g/mol. The topological polar surface area (TPSA) is 273 Å². The zero-order chi connectivity index (χ0) is 71.3. The van der Waals surface area contributed by atoms with Gasteiger partial charge in [-0.1, -0.05) is 80.0 Å². The maximum atomic E-state index is 13.6. The van der Waals surface area contributed by atoms with E-state index < -0.39 is 60.7 Å². The maximum absolute atomic E-state index is 13.6. The van der Waals surface area contributed by atoms with Crippen molar-refractivity contribution in [2.24, 2.45) is 5.14 Å². The number of nitrogens with one attached hydrogen (secondary N) is 6. The molecule has 0 aliphatic carbocycles. The fourth-order valence-corrected chi connectivity index (χ4v) is 14.2. The number of primary sulfonamides is 1. The molecule has 8 N–H and O–H groups in total. The Hall–Kier alpha value is -8.93. The number of halogens is 7. The Morgan fingerprint density at radius 2 is 1.00 bits per heavy atom. The molecule has 0 unspecified atom stereocenters. The number of aromatic nitrogens is 6. The van der Waals surface area contributed by atoms with Gasteiger partial charge in [0.1, 0.15) is 49.2 Å². The van der Waals surface area contributed by atoms with Crippen LogP contribution in [0.3, 0.4) is 0 Å². The minimum absolute atomic E-state index is 0.0122. The second-order valence-electron chi connectivity index (χ2n) is 23.4. The summed E-state index contributed by atoms with van der Waals surface area (Å²) in [6.45, 7) is 14.0. The van der Waals surface area contributed by atoms with Crippen molar-refractivity contribution in [3.05, 3.63) is 204 Å². The summed E-state index contributed by atoms with van der Waals surface area (Å²) in [6, 6.07) is 47.9. The van der Waals surface area contributed by atoms with Gasteiger partial charge in [0.05, 0.1) is 24.3 Å². The SMILES string of the molecule is CCP(=O)(CC)c1ccc(Nc2ncc(C(F)(F)F)c(Nc3ccc4ccccc4c3)n2)cc1.CP(C)(=O)c1ccc(Nc2ncc(C(F)(F)F)c(NCCc3ccc(S(N)(=O)=O)cc3)n2)cc1.CP(C)(=O)c1cccc(Nc2nc(Nc3ccc(N4CCOCC4)cc3)ncc2Cl)c1. The summed E-state index contributed by atoms with van der Waals surface area (Å²) in [5, 5.41) is 27.2. The van der Waals surface area contributed by atoms with Crippen LogP contribution < -0.4 is 57.9 Å². The van der Waals surface area contributed by atoms with Crippen molar-refractivity contribution >= 4 is 139 Å². The van der Waals surface area contributed by atoms with Crippen LogP contribution in [0.5, 0.6) is 0 Å². The zero-order valence-electron chi connectivity index (χ0n) is 54.5. The molecule has 1 saturated heterocycles. The molecule has 10 aromatic rings. The number of fused-ring (bicyclic) bond motifs is 1. The van der Waals surface area contributed by atoms with E-state index in [1.54, 1.807) is 93.5 Å². The van der Waals surface area contributed by atoms with Gasteiger partial charge in [0.2, 0.25) is 27.9 Å². The fourth-order valence-electron chi connectivity index (χ4n) is 9.95. The van der Waals surface area contributed by atoms with E-state index in [0.29, 0.717) is 69.7 Å². The monoisotopic (exact) mass is 1450 g/mol. The highest BCUT2D eigenvalue weighted by molar-refractivity contribution is 7.89. The minimum atomic E-state index is -4.66. The number of ether oxygens (including phenoxy) is 1. The number of nitrogens with two attached hydrogens (primary N) is 1. The normalized spacial score (nSPS) is 12.9. The van der Waals surface area contributed by atoms with Gasteiger partial charge in [-0.15, -0.1) is 0 Å². The number of benzene rings is 7. The summed E-state index contributed by atoms with van der Waals surface area (Å²) < 4.78 is 147. The van der Waals surface area contributed by atoms with E-state index >= 15 is 0 Å². The van der Waals surface area contributed by atoms with Crippen molar-refractivity contribution in [3.63, 3.8) is 0 Å². The molecule has 1 aliphatic heterocycles. The van der Waals surface area contributed by atoms with Crippen molar-refractivity contribution in [2.45, 2.75) is 37.5 Å². The molecular weight excluding hydrogens is 1380 g/mol. The van der Waals surface area contributed by atoms with E-state index in [2.05, 4.69) is 78.8 Å². The van der Waals surface area contributed by atoms with Crippen LogP contribution in [0.25, 0.3) is 10.8 Å². The van der Waals surface area contributed by atoms with E-state index in [1.807, 2.05) is 80.6 Å². The number of anilines is 12. The van der Waals surface area contributed by atoms with Gasteiger partial charge in [-0.2, -0.15) is 41.3 Å². The molecule has 520 valence electrons. The van der Waals surface area contributed by atoms with Gasteiger partial charge in [-0.3, -0.25) is 0 Å². The number of sulfonamides is 1. The summed E-state index contributed by atoms with van der Waals surface area (Å²) in [7, 11) is -11.0. The van der Waals surface area contributed by atoms with Gasteiger partial charge < -0.3 is 55.2 Å². The Morgan fingerprint density at radius 3 is 1.54 bits per heavy atom. The first-order chi connectivity index (χ1) is 46.8. The molecule has 0 spiro atoms. The van der Waals surface area contributed by atoms with E-state index in [1.165, 1.54) is 24.3 Å². The first-order valence-electron chi connectivity index (χ1n) is 30.9. The van der Waals surface area contributed by atoms with Gasteiger partial charge in [0.25, 0.3) is 0 Å². The molecule has 20 nitrogen and oxygen atoms in total. The van der Waals surface area contributed by atoms with Crippen molar-refractivity contribution < 1.29 is 53.2 Å². The zero-order valence-corrected chi connectivity index (χ0v) is 58.8. The van der Waals surface area contributed by atoms with Gasteiger partial charge in [-0.05, 0) is 159 Å². The van der Waals surface area contributed by atoms with E-state index in [9.17, 15) is 48.5 Å². The second-order valence-corrected chi connectivity index (χ2v) is 35.3. The Bertz CT molecular complexity index is 4700. The third-order valence-electron chi connectivity index (χ3n) is 15.5. The fraction of sp³-hybridized carbons (Fsp3) is 0.235. The molecule has 1 fully saturated rings. The van der Waals surface area contributed by atoms with E-state index in [4.69, 9.17) is 21.5 Å². The van der Waals surface area contributed by atoms with Gasteiger partial charge >= 0.3 is 12.4 Å². The van der Waals surface area contributed by atoms with E-state index in [0.717, 1.165) is 70.9 Å². The molecular formula is C68H72ClF6N14O6P3S. The van der Waals surface area contributed by atoms with Crippen LogP contribution in [0.4, 0.5) is 95.8 Å². The lowest BCUT2D eigenvalue weighted by Crippen LogP contribution is -2.36. The summed E-state index contributed by atoms with van der Waals surface area (Å²) in [5.74, 6) is 0.130. The number of hydrogen-bond acceptors (Lipinski definition) is 19. The van der Waals surface area contributed by atoms with Crippen molar-refractivity contribution in [1.29, 1.82) is 0 Å². The molecule has 0 saturated carbocycles. The number of rotatable bonds is 21. The Labute approximate surface area is 574 Å². The number of hydrogen-bond donors (Lipinski definition) is 7. The molecule has 1 aliphatic rings. The number of morpholine rings is 1. The predicted octanol–water partition coefficient (Wildman–Crippen LogP) is 15.7. The lowest BCUT2D eigenvalue weighted by Gasteiger charge is -2.28. The van der Waals surface area contributed by atoms with Crippen LogP contribution in [-0.4, -0.2) is 110 Å². The first-order valence-corrected chi connectivity index (χ1v) is 40.1. The van der Waals surface area contributed by atoms with Crippen LogP contribution in [0.1, 0.15) is 30.5 Å². The quantitative estimate of drug-likeness (QED) is 0.0260. The molecule has 0 atom stereocenters. The lowest BCUT2D eigenvalue weighted by atomic mass is 10.1. The highest BCUT2D eigenvalue weighted by Gasteiger charge is 2.37. The number of alkyl halides is 6. The molecule has 0 radical (unpaired) electrons. The maximum Gasteiger partial charge on any atom is 0.421 e. The van der Waals surface area contributed by atoms with Crippen LogP contribution in [0.2, 0.25) is 5.02 Å². The van der Waals surface area contributed by atoms with Crippen LogP contribution in [0, 0.1) is 0 Å². The van der Waals surface area contributed by atoms with Crippen molar-refractivity contribution in [2.75, 3.05) is 109 Å². The highest BCUT2D eigenvalue weighted by atomic mass is 35.5. The molecule has 11 rings (SSSR count). The number of nitrogens with zero attached hydrogens (tertiary/aromatic N) is 7. The smallest absolute Gasteiger partial charge is 0.378 e. The summed E-state index contributed by atoms with van der Waals surface area (Å²) in [5.41, 5.74) is 3.12. The average Bonchev–Trinajstić information content (AvgIpc) is 0.813. The second kappa shape index (κ2) is 31.9. The molecule has 0 amide bonds. The third kappa shape index (κ3) is 20.8. The molecule has 7 aromatic carbocycles. The third-order valence-corrected chi connectivity index (χ3v) is 23.0. The molecule has 31 heteroatoms. The van der Waals surface area contributed by atoms with Crippen LogP contribution in [0.15, 0.2) is 187 Å². The Kier molecular flexibility index (Phi) is 24.0. The van der Waals surface area contributed by atoms with Crippen molar-refractivity contribution in [1.82, 2.24) is 29.9 Å². The summed E-state index contributed by atoms with van der Waals surface area (Å²) in [6.07, 6.45) is -4.83. The van der Waals surface area contributed by atoms with Gasteiger partial charge in [0, 0.05) is 94.4 Å². The van der Waals surface area contributed by atoms with Crippen molar-refractivity contribution in [3.8, 4) is 0 Å². The molecule has 4 heterocycles. The summed E-state index contributed by atoms with van der Waals surface area (Å²) in [4.78, 5) is 26.7. The van der Waals surface area contributed by atoms with Gasteiger partial charge in [0.15, 0.2) is 5.82 Å². The highest BCUT2D eigenvalue weighted by Crippen LogP contribution is 2.44. The lowest BCUT2D eigenvalue weighted by molar-refractivity contribution is -0.138. The Balaban J connectivity index is 0.000000174. The van der Waals surface area contributed by atoms with Crippen LogP contribution >= 0.6 is 33.0 Å². The minimum Gasteiger partial charge on any atom is -0.378 e. The Morgan fingerprint density at radius 1 is 0.525 bits per heavy atom. The largest absolute Gasteiger partial charge is 0.421 e. The standard InChI is InChI=1S/C25H24F3N4OP.C22H25ClN5O2P.C21H23F3N5O3PS/c1-3-34(33,4-2)21-13-11-19(12-14-21)31-24-29-16-22(25(26,27)28)23(32-24)30-20-10-9-17-7-5-6-8-18(17)15-20;1-31(2,29)19-5-3-4-17(14-19)25-21-20(23)15-24-22(27-21)26-16-6-8-18(9-7-16)28-10-12-30-13-11-28;1-33(2,30)16-7-5-15(6-8-16)28-20-27-13-18(21(22,23)24)19(29-20)26-12-11-14-3-9-17(10-4-14)34(25,31)32/h5-16H,3-4H2,1-2H3,(H2,29,30,31,32);3-9,14-15H,10-13H2,1-2H3,(H2,24,25,26,27);3-10,13H,11-12H2,1-2H3,(H2,25,31,32)(H2,26,27,28,29).